The standard InChI is InChI=1S/C20H19F2N3O3/c1-2-15-10-26-20(28-15,11-25-13-23-12-24-25)14-6-8-16(9-7-14)27-19-17(21)4-3-5-18(19)22/h3-9,12-13,15H,2,10-11H2,1H3. The minimum Gasteiger partial charge on any atom is -0.451 e. The number of benzene rings is 2. The predicted octanol–water partition coefficient (Wildman–Crippen LogP) is 4.03. The normalized spacial score (nSPS) is 21.8. The number of hydrogen-bond acceptors (Lipinski definition) is 5. The fourth-order valence-electron chi connectivity index (χ4n) is 3.09. The Hall–Kier alpha value is -2.84. The maximum atomic E-state index is 13.8. The van der Waals surface area contributed by atoms with Gasteiger partial charge in [0.2, 0.25) is 5.79 Å². The highest BCUT2D eigenvalue weighted by Gasteiger charge is 2.43. The molecule has 146 valence electrons. The van der Waals surface area contributed by atoms with Crippen LogP contribution in [0.2, 0.25) is 0 Å². The molecule has 0 bridgehead atoms. The zero-order valence-electron chi connectivity index (χ0n) is 15.2. The van der Waals surface area contributed by atoms with Crippen molar-refractivity contribution in [2.45, 2.75) is 31.8 Å². The Kier molecular flexibility index (Phi) is 5.06. The Morgan fingerprint density at radius 3 is 2.54 bits per heavy atom. The van der Waals surface area contributed by atoms with Gasteiger partial charge < -0.3 is 14.2 Å². The molecule has 1 fully saturated rings. The van der Waals surface area contributed by atoms with Crippen molar-refractivity contribution in [3.8, 4) is 11.5 Å². The third kappa shape index (κ3) is 3.61. The van der Waals surface area contributed by atoms with Crippen molar-refractivity contribution in [1.29, 1.82) is 0 Å². The first kappa shape index (κ1) is 18.5. The summed E-state index contributed by atoms with van der Waals surface area (Å²) in [4.78, 5) is 3.96. The highest BCUT2D eigenvalue weighted by molar-refractivity contribution is 5.36. The number of ether oxygens (including phenoxy) is 3. The Bertz CT molecular complexity index is 914. The topological polar surface area (TPSA) is 58.4 Å². The summed E-state index contributed by atoms with van der Waals surface area (Å²) in [6, 6.07) is 10.3. The van der Waals surface area contributed by atoms with Gasteiger partial charge in [0.1, 0.15) is 24.9 Å². The maximum Gasteiger partial charge on any atom is 0.215 e. The van der Waals surface area contributed by atoms with Crippen LogP contribution in [-0.4, -0.2) is 27.5 Å². The molecule has 8 heteroatoms. The molecular formula is C20H19F2N3O3. The molecule has 0 N–H and O–H groups in total. The van der Waals surface area contributed by atoms with Gasteiger partial charge in [-0.3, -0.25) is 0 Å². The van der Waals surface area contributed by atoms with E-state index < -0.39 is 23.2 Å². The van der Waals surface area contributed by atoms with Crippen molar-refractivity contribution in [3.05, 3.63) is 72.3 Å². The van der Waals surface area contributed by atoms with Gasteiger partial charge in [0.05, 0.1) is 12.7 Å². The number of nitrogens with zero attached hydrogens (tertiary/aromatic N) is 3. The first-order chi connectivity index (χ1) is 13.6. The van der Waals surface area contributed by atoms with E-state index in [4.69, 9.17) is 14.2 Å². The molecule has 0 saturated carbocycles. The lowest BCUT2D eigenvalue weighted by atomic mass is 10.1. The minimum absolute atomic E-state index is 0.0352. The summed E-state index contributed by atoms with van der Waals surface area (Å²) in [6.07, 6.45) is 3.81. The highest BCUT2D eigenvalue weighted by atomic mass is 19.1. The summed E-state index contributed by atoms with van der Waals surface area (Å²) in [5.74, 6) is -2.68. The Morgan fingerprint density at radius 2 is 1.93 bits per heavy atom. The maximum absolute atomic E-state index is 13.8. The van der Waals surface area contributed by atoms with Crippen LogP contribution in [0.1, 0.15) is 18.9 Å². The van der Waals surface area contributed by atoms with Crippen molar-refractivity contribution in [2.75, 3.05) is 6.61 Å². The quantitative estimate of drug-likeness (QED) is 0.639. The molecule has 3 aromatic rings. The van der Waals surface area contributed by atoms with Crippen molar-refractivity contribution in [1.82, 2.24) is 14.8 Å². The second kappa shape index (κ2) is 7.65. The van der Waals surface area contributed by atoms with E-state index in [9.17, 15) is 8.78 Å². The Labute approximate surface area is 160 Å². The molecule has 1 aliphatic heterocycles. The zero-order chi connectivity index (χ0) is 19.6. The summed E-state index contributed by atoms with van der Waals surface area (Å²) in [5.41, 5.74) is 0.750. The SMILES string of the molecule is CCC1COC(Cn2cncn2)(c2ccc(Oc3c(F)cccc3F)cc2)O1. The number of hydrogen-bond donors (Lipinski definition) is 0. The Morgan fingerprint density at radius 1 is 1.18 bits per heavy atom. The lowest BCUT2D eigenvalue weighted by molar-refractivity contribution is -0.188. The van der Waals surface area contributed by atoms with Crippen LogP contribution in [0.15, 0.2) is 55.1 Å². The summed E-state index contributed by atoms with van der Waals surface area (Å²) in [5, 5.41) is 4.13. The second-order valence-electron chi connectivity index (χ2n) is 6.48. The summed E-state index contributed by atoms with van der Waals surface area (Å²) < 4.78 is 46.8. The minimum atomic E-state index is -1.02. The van der Waals surface area contributed by atoms with Gasteiger partial charge in [0.25, 0.3) is 0 Å². The van der Waals surface area contributed by atoms with E-state index in [0.29, 0.717) is 18.9 Å². The van der Waals surface area contributed by atoms with Crippen molar-refractivity contribution >= 4 is 0 Å². The smallest absolute Gasteiger partial charge is 0.215 e. The first-order valence-corrected chi connectivity index (χ1v) is 8.96. The van der Waals surface area contributed by atoms with Crippen molar-refractivity contribution in [3.63, 3.8) is 0 Å². The summed E-state index contributed by atoms with van der Waals surface area (Å²) in [7, 11) is 0. The van der Waals surface area contributed by atoms with E-state index in [-0.39, 0.29) is 6.10 Å². The predicted molar refractivity (Wildman–Crippen MR) is 95.7 cm³/mol. The van der Waals surface area contributed by atoms with Gasteiger partial charge in [-0.25, -0.2) is 18.4 Å². The molecule has 4 rings (SSSR count). The van der Waals surface area contributed by atoms with E-state index >= 15 is 0 Å². The van der Waals surface area contributed by atoms with Gasteiger partial charge in [-0.1, -0.05) is 13.0 Å². The van der Waals surface area contributed by atoms with E-state index in [2.05, 4.69) is 10.1 Å². The van der Waals surface area contributed by atoms with Crippen LogP contribution in [0.4, 0.5) is 8.78 Å². The Balaban J connectivity index is 1.60. The second-order valence-corrected chi connectivity index (χ2v) is 6.48. The van der Waals surface area contributed by atoms with Crippen LogP contribution < -0.4 is 4.74 Å². The summed E-state index contributed by atoms with van der Waals surface area (Å²) >= 11 is 0. The molecule has 1 aliphatic rings. The molecule has 0 amide bonds. The van der Waals surface area contributed by atoms with Crippen LogP contribution in [0, 0.1) is 11.6 Å². The molecule has 2 aromatic carbocycles. The molecular weight excluding hydrogens is 368 g/mol. The van der Waals surface area contributed by atoms with Gasteiger partial charge >= 0.3 is 0 Å². The molecule has 2 atom stereocenters. The van der Waals surface area contributed by atoms with Gasteiger partial charge in [-0.2, -0.15) is 5.10 Å². The molecule has 0 radical (unpaired) electrons. The molecule has 2 heterocycles. The first-order valence-electron chi connectivity index (χ1n) is 8.96. The summed E-state index contributed by atoms with van der Waals surface area (Å²) in [6.45, 7) is 2.81. The molecule has 28 heavy (non-hydrogen) atoms. The molecule has 0 aliphatic carbocycles. The third-order valence-electron chi connectivity index (χ3n) is 4.58. The van der Waals surface area contributed by atoms with Crippen LogP contribution in [0.25, 0.3) is 0 Å². The van der Waals surface area contributed by atoms with E-state index in [1.807, 2.05) is 6.92 Å². The molecule has 2 unspecified atom stereocenters. The number of para-hydroxylation sites is 1. The fourth-order valence-corrected chi connectivity index (χ4v) is 3.09. The lowest BCUT2D eigenvalue weighted by Crippen LogP contribution is -2.33. The molecule has 6 nitrogen and oxygen atoms in total. The van der Waals surface area contributed by atoms with Gasteiger partial charge in [0.15, 0.2) is 17.4 Å². The number of aromatic nitrogens is 3. The van der Waals surface area contributed by atoms with Crippen LogP contribution in [0.5, 0.6) is 11.5 Å². The largest absolute Gasteiger partial charge is 0.451 e. The van der Waals surface area contributed by atoms with Gasteiger partial charge in [0, 0.05) is 5.56 Å². The van der Waals surface area contributed by atoms with E-state index in [1.54, 1.807) is 35.3 Å². The van der Waals surface area contributed by atoms with Crippen molar-refractivity contribution < 1.29 is 23.0 Å². The number of rotatable bonds is 6. The van der Waals surface area contributed by atoms with E-state index in [1.165, 1.54) is 12.4 Å². The van der Waals surface area contributed by atoms with Crippen LogP contribution >= 0.6 is 0 Å². The molecule has 1 saturated heterocycles. The van der Waals surface area contributed by atoms with Crippen LogP contribution in [-0.2, 0) is 21.8 Å². The van der Waals surface area contributed by atoms with E-state index in [0.717, 1.165) is 24.1 Å². The van der Waals surface area contributed by atoms with Crippen LogP contribution in [0.3, 0.4) is 0 Å². The zero-order valence-corrected chi connectivity index (χ0v) is 15.2. The average molecular weight is 387 g/mol. The van der Waals surface area contributed by atoms with Gasteiger partial charge in [-0.15, -0.1) is 0 Å². The average Bonchev–Trinajstić information content (AvgIpc) is 3.36. The monoisotopic (exact) mass is 387 g/mol. The van der Waals surface area contributed by atoms with Gasteiger partial charge in [-0.05, 0) is 42.8 Å². The lowest BCUT2D eigenvalue weighted by Gasteiger charge is -2.28. The third-order valence-corrected chi connectivity index (χ3v) is 4.58. The number of halogens is 2. The molecule has 1 aromatic heterocycles. The van der Waals surface area contributed by atoms with Crippen molar-refractivity contribution in [2.24, 2.45) is 0 Å². The fraction of sp³-hybridized carbons (Fsp3) is 0.300. The molecule has 0 spiro atoms. The highest BCUT2D eigenvalue weighted by Crippen LogP contribution is 2.38.